The summed E-state index contributed by atoms with van der Waals surface area (Å²) in [5, 5.41) is 3.48. The highest BCUT2D eigenvalue weighted by molar-refractivity contribution is 9.10. The van der Waals surface area contributed by atoms with E-state index in [1.165, 1.54) is 12.1 Å². The Morgan fingerprint density at radius 3 is 3.12 bits per heavy atom. The van der Waals surface area contributed by atoms with Crippen LogP contribution in [0.2, 0.25) is 0 Å². The Hall–Kier alpha value is -0.540. The number of hydrogen-bond acceptors (Lipinski definition) is 2. The van der Waals surface area contributed by atoms with Crippen LogP contribution in [0.3, 0.4) is 0 Å². The Morgan fingerprint density at radius 2 is 2.31 bits per heavy atom. The van der Waals surface area contributed by atoms with Crippen LogP contribution < -0.4 is 10.2 Å². The molecule has 1 heterocycles. The first-order chi connectivity index (χ1) is 7.75. The molecular weight excluding hydrogens is 264 g/mol. The average Bonchev–Trinajstić information content (AvgIpc) is 2.23. The van der Waals surface area contributed by atoms with Gasteiger partial charge in [0, 0.05) is 23.2 Å². The second-order valence-corrected chi connectivity index (χ2v) is 5.50. The van der Waals surface area contributed by atoms with Gasteiger partial charge in [0.2, 0.25) is 0 Å². The smallest absolute Gasteiger partial charge is 0.0377 e. The standard InChI is InChI=1S/C13H19BrN2/c1-11-9-15-6-3-7-16(10-11)13-5-2-4-12(14)8-13/h2,4-5,8,11,15H,3,6-7,9-10H2,1H3. The summed E-state index contributed by atoms with van der Waals surface area (Å²) >= 11 is 3.54. The van der Waals surface area contributed by atoms with E-state index >= 15 is 0 Å². The molecule has 0 aliphatic carbocycles. The van der Waals surface area contributed by atoms with Crippen molar-refractivity contribution >= 4 is 21.6 Å². The monoisotopic (exact) mass is 282 g/mol. The van der Waals surface area contributed by atoms with Crippen LogP contribution in [-0.4, -0.2) is 26.2 Å². The van der Waals surface area contributed by atoms with Gasteiger partial charge < -0.3 is 10.2 Å². The molecule has 3 heteroatoms. The minimum atomic E-state index is 0.708. The van der Waals surface area contributed by atoms with E-state index in [2.05, 4.69) is 57.3 Å². The molecule has 0 aromatic heterocycles. The van der Waals surface area contributed by atoms with Crippen LogP contribution in [0, 0.1) is 5.92 Å². The summed E-state index contributed by atoms with van der Waals surface area (Å²) in [5.74, 6) is 0.708. The third-order valence-electron chi connectivity index (χ3n) is 2.98. The largest absolute Gasteiger partial charge is 0.371 e. The van der Waals surface area contributed by atoms with E-state index < -0.39 is 0 Å². The zero-order valence-corrected chi connectivity index (χ0v) is 11.3. The van der Waals surface area contributed by atoms with Crippen molar-refractivity contribution in [3.63, 3.8) is 0 Å². The number of rotatable bonds is 1. The van der Waals surface area contributed by atoms with Crippen LogP contribution in [0.25, 0.3) is 0 Å². The van der Waals surface area contributed by atoms with Crippen LogP contribution >= 0.6 is 15.9 Å². The Labute approximate surface area is 106 Å². The van der Waals surface area contributed by atoms with Crippen LogP contribution in [0.15, 0.2) is 28.7 Å². The normalized spacial score (nSPS) is 22.6. The summed E-state index contributed by atoms with van der Waals surface area (Å²) in [6.45, 7) is 6.86. The molecule has 0 bridgehead atoms. The molecule has 1 aromatic rings. The first-order valence-electron chi connectivity index (χ1n) is 5.97. The lowest BCUT2D eigenvalue weighted by Gasteiger charge is -2.30. The fraction of sp³-hybridized carbons (Fsp3) is 0.538. The summed E-state index contributed by atoms with van der Waals surface area (Å²) < 4.78 is 1.16. The molecule has 16 heavy (non-hydrogen) atoms. The molecular formula is C13H19BrN2. The van der Waals surface area contributed by atoms with Crippen molar-refractivity contribution in [2.45, 2.75) is 13.3 Å². The predicted octanol–water partition coefficient (Wildman–Crippen LogP) is 2.88. The molecule has 1 N–H and O–H groups in total. The highest BCUT2D eigenvalue weighted by atomic mass is 79.9. The number of halogens is 1. The predicted molar refractivity (Wildman–Crippen MR) is 73.0 cm³/mol. The molecule has 0 saturated carbocycles. The first-order valence-corrected chi connectivity index (χ1v) is 6.76. The summed E-state index contributed by atoms with van der Waals surface area (Å²) in [5.41, 5.74) is 1.34. The van der Waals surface area contributed by atoms with Crippen molar-refractivity contribution in [2.24, 2.45) is 5.92 Å². The van der Waals surface area contributed by atoms with Gasteiger partial charge in [0.1, 0.15) is 0 Å². The third kappa shape index (κ3) is 3.22. The molecule has 1 aliphatic rings. The van der Waals surface area contributed by atoms with Gasteiger partial charge in [-0.15, -0.1) is 0 Å². The van der Waals surface area contributed by atoms with Gasteiger partial charge in [-0.05, 0) is 43.6 Å². The molecule has 1 atom stereocenters. The lowest BCUT2D eigenvalue weighted by molar-refractivity contribution is 0.468. The zero-order valence-electron chi connectivity index (χ0n) is 9.75. The van der Waals surface area contributed by atoms with Gasteiger partial charge in [0.25, 0.3) is 0 Å². The second-order valence-electron chi connectivity index (χ2n) is 4.59. The van der Waals surface area contributed by atoms with Crippen LogP contribution in [0.4, 0.5) is 5.69 Å². The molecule has 1 fully saturated rings. The molecule has 1 saturated heterocycles. The number of hydrogen-bond donors (Lipinski definition) is 1. The van der Waals surface area contributed by atoms with Gasteiger partial charge in [0.05, 0.1) is 0 Å². The maximum atomic E-state index is 3.54. The number of nitrogens with one attached hydrogen (secondary N) is 1. The Morgan fingerprint density at radius 1 is 1.44 bits per heavy atom. The molecule has 1 aliphatic heterocycles. The quantitative estimate of drug-likeness (QED) is 0.852. The Bertz CT molecular complexity index is 340. The van der Waals surface area contributed by atoms with Crippen molar-refractivity contribution in [1.82, 2.24) is 5.32 Å². The highest BCUT2D eigenvalue weighted by Gasteiger charge is 2.13. The van der Waals surface area contributed by atoms with E-state index in [0.29, 0.717) is 5.92 Å². The van der Waals surface area contributed by atoms with Crippen LogP contribution in [0.1, 0.15) is 13.3 Å². The molecule has 2 nitrogen and oxygen atoms in total. The van der Waals surface area contributed by atoms with E-state index in [1.54, 1.807) is 0 Å². The average molecular weight is 283 g/mol. The molecule has 2 rings (SSSR count). The van der Waals surface area contributed by atoms with Crippen molar-refractivity contribution in [2.75, 3.05) is 31.1 Å². The van der Waals surface area contributed by atoms with E-state index in [-0.39, 0.29) is 0 Å². The third-order valence-corrected chi connectivity index (χ3v) is 3.47. The van der Waals surface area contributed by atoms with Gasteiger partial charge in [-0.1, -0.05) is 28.9 Å². The fourth-order valence-electron chi connectivity index (χ4n) is 2.18. The molecule has 0 amide bonds. The van der Waals surface area contributed by atoms with Gasteiger partial charge in [-0.2, -0.15) is 0 Å². The molecule has 0 spiro atoms. The lowest BCUT2D eigenvalue weighted by atomic mass is 10.1. The van der Waals surface area contributed by atoms with Gasteiger partial charge >= 0.3 is 0 Å². The van der Waals surface area contributed by atoms with Gasteiger partial charge in [-0.25, -0.2) is 0 Å². The van der Waals surface area contributed by atoms with E-state index in [0.717, 1.165) is 30.7 Å². The number of nitrogens with zero attached hydrogens (tertiary/aromatic N) is 1. The zero-order chi connectivity index (χ0) is 11.4. The summed E-state index contributed by atoms with van der Waals surface area (Å²) in [6, 6.07) is 8.61. The summed E-state index contributed by atoms with van der Waals surface area (Å²) in [4.78, 5) is 2.50. The van der Waals surface area contributed by atoms with Crippen LogP contribution in [-0.2, 0) is 0 Å². The van der Waals surface area contributed by atoms with Crippen molar-refractivity contribution in [1.29, 1.82) is 0 Å². The van der Waals surface area contributed by atoms with Crippen molar-refractivity contribution < 1.29 is 0 Å². The Balaban J connectivity index is 2.11. The van der Waals surface area contributed by atoms with E-state index in [4.69, 9.17) is 0 Å². The number of benzene rings is 1. The second kappa shape index (κ2) is 5.69. The van der Waals surface area contributed by atoms with E-state index in [1.807, 2.05) is 0 Å². The minimum absolute atomic E-state index is 0.708. The Kier molecular flexibility index (Phi) is 4.24. The highest BCUT2D eigenvalue weighted by Crippen LogP contribution is 2.21. The first kappa shape index (κ1) is 11.9. The topological polar surface area (TPSA) is 15.3 Å². The summed E-state index contributed by atoms with van der Waals surface area (Å²) in [6.07, 6.45) is 1.22. The number of anilines is 1. The fourth-order valence-corrected chi connectivity index (χ4v) is 2.57. The summed E-state index contributed by atoms with van der Waals surface area (Å²) in [7, 11) is 0. The van der Waals surface area contributed by atoms with Crippen molar-refractivity contribution in [3.05, 3.63) is 28.7 Å². The molecule has 88 valence electrons. The molecule has 1 unspecified atom stereocenters. The molecule has 1 aromatic carbocycles. The maximum absolute atomic E-state index is 3.54. The van der Waals surface area contributed by atoms with Crippen LogP contribution in [0.5, 0.6) is 0 Å². The maximum Gasteiger partial charge on any atom is 0.0377 e. The van der Waals surface area contributed by atoms with Gasteiger partial charge in [0.15, 0.2) is 0 Å². The molecule has 0 radical (unpaired) electrons. The lowest BCUT2D eigenvalue weighted by Crippen LogP contribution is -2.38. The minimum Gasteiger partial charge on any atom is -0.371 e. The SMILES string of the molecule is CC1CNCCCN(c2cccc(Br)c2)C1. The van der Waals surface area contributed by atoms with Crippen molar-refractivity contribution in [3.8, 4) is 0 Å². The van der Waals surface area contributed by atoms with Gasteiger partial charge in [-0.3, -0.25) is 0 Å². The van der Waals surface area contributed by atoms with E-state index in [9.17, 15) is 0 Å².